The summed E-state index contributed by atoms with van der Waals surface area (Å²) in [4.78, 5) is 48.2. The van der Waals surface area contributed by atoms with Gasteiger partial charge >= 0.3 is 5.97 Å². The maximum absolute atomic E-state index is 13.3. The van der Waals surface area contributed by atoms with Gasteiger partial charge in [0.2, 0.25) is 0 Å². The Kier molecular flexibility index (Phi) is 8.86. The first kappa shape index (κ1) is 31.8. The predicted octanol–water partition coefficient (Wildman–Crippen LogP) is 6.42. The molecule has 0 aromatic heterocycles. The number of rotatable bonds is 12. The molecular weight excluding hydrogens is 560 g/mol. The zero-order valence-corrected chi connectivity index (χ0v) is 27.2. The molecule has 8 nitrogen and oxygen atoms in total. The van der Waals surface area contributed by atoms with Crippen molar-refractivity contribution in [3.8, 4) is 0 Å². The summed E-state index contributed by atoms with van der Waals surface area (Å²) in [7, 11) is 0. The molecule has 6 aliphatic carbocycles. The summed E-state index contributed by atoms with van der Waals surface area (Å²) in [6.07, 6.45) is 12.3. The Bertz CT molecular complexity index is 1090. The van der Waals surface area contributed by atoms with Crippen molar-refractivity contribution in [2.24, 2.45) is 58.2 Å². The second-order valence-electron chi connectivity index (χ2n) is 16.1. The maximum atomic E-state index is 13.3. The highest BCUT2D eigenvalue weighted by Gasteiger charge is 2.67. The van der Waals surface area contributed by atoms with Crippen LogP contribution in [-0.2, 0) is 38.1 Å². The van der Waals surface area contributed by atoms with Crippen LogP contribution >= 0.6 is 0 Å². The molecule has 0 aliphatic heterocycles. The Balaban J connectivity index is 1.19. The van der Waals surface area contributed by atoms with Gasteiger partial charge in [-0.2, -0.15) is 0 Å². The molecule has 0 heterocycles. The normalized spacial score (nSPS) is 47.8. The van der Waals surface area contributed by atoms with E-state index < -0.39 is 0 Å². The Morgan fingerprint density at radius 1 is 0.864 bits per heavy atom. The van der Waals surface area contributed by atoms with E-state index in [0.717, 1.165) is 70.1 Å². The van der Waals surface area contributed by atoms with Crippen molar-refractivity contribution in [1.29, 1.82) is 0 Å². The topological polar surface area (TPSA) is 105 Å². The summed E-state index contributed by atoms with van der Waals surface area (Å²) in [6.45, 7) is 10.9. The van der Waals surface area contributed by atoms with E-state index in [0.29, 0.717) is 31.8 Å². The van der Waals surface area contributed by atoms with Gasteiger partial charge in [-0.3, -0.25) is 19.2 Å². The van der Waals surface area contributed by atoms with E-state index in [1.54, 1.807) is 0 Å². The van der Waals surface area contributed by atoms with E-state index >= 15 is 0 Å². The smallest absolute Gasteiger partial charge is 0.306 e. The highest BCUT2D eigenvalue weighted by atomic mass is 16.6. The van der Waals surface area contributed by atoms with Crippen LogP contribution in [0.2, 0.25) is 0 Å². The van der Waals surface area contributed by atoms with Crippen molar-refractivity contribution in [1.82, 2.24) is 0 Å². The third-order valence-electron chi connectivity index (χ3n) is 14.8. The number of carbonyl (C=O) groups excluding carboxylic acids is 4. The van der Waals surface area contributed by atoms with Crippen LogP contribution in [0, 0.1) is 58.2 Å². The van der Waals surface area contributed by atoms with Gasteiger partial charge in [0.1, 0.15) is 23.9 Å². The summed E-state index contributed by atoms with van der Waals surface area (Å²) >= 11 is 0. The first-order chi connectivity index (χ1) is 21.1. The molecule has 246 valence electrons. The van der Waals surface area contributed by atoms with E-state index in [1.807, 2.05) is 0 Å². The van der Waals surface area contributed by atoms with Crippen LogP contribution in [0.3, 0.4) is 0 Å². The second kappa shape index (κ2) is 12.2. The fraction of sp³-hybridized carbons (Fsp3) is 0.889. The lowest BCUT2D eigenvalue weighted by molar-refractivity contribution is -0.218. The van der Waals surface area contributed by atoms with Gasteiger partial charge in [-0.25, -0.2) is 0 Å². The minimum Gasteiger partial charge on any atom is -0.465 e. The van der Waals surface area contributed by atoms with Crippen LogP contribution in [0.5, 0.6) is 0 Å². The lowest BCUT2D eigenvalue weighted by Gasteiger charge is -2.64. The monoisotopic (exact) mass is 614 g/mol. The summed E-state index contributed by atoms with van der Waals surface area (Å²) < 4.78 is 23.6. The Morgan fingerprint density at radius 3 is 2.30 bits per heavy atom. The van der Waals surface area contributed by atoms with Gasteiger partial charge in [-0.15, -0.1) is 0 Å². The van der Waals surface area contributed by atoms with Gasteiger partial charge in [-0.05, 0) is 130 Å². The standard InChI is InChI=1S/C36H54O8/c1-5-36(18-23-7-8-24(36)14-23)44-32(40)11-6-22(2)27-9-10-28-33-29(17-31(43-21-39)35(27,28)4)34(3)13-12-26(41-19-37)15-25(34)16-30(33)42-20-38/h19-31,33H,5-18H2,1-4H3/t22-,23-,24+,25+,26-,27-,28+,29+,30-,31+,33+,34+,35-,36+/m1/s1. The first-order valence-electron chi connectivity index (χ1n) is 17.6. The SMILES string of the molecule is CC[C@]1(OC(=O)CC[C@@H](C)[C@H]2CC[C@H]3[C@@H]4[C@H](OC=O)C[C@@H]5C[C@H](OC=O)CC[C@]5(C)[C@H]4C[C@H](OC=O)[C@]23C)C[C@@H]2CC[C@H]1C2. The molecule has 14 atom stereocenters. The van der Waals surface area contributed by atoms with Crippen molar-refractivity contribution < 1.29 is 38.1 Å². The van der Waals surface area contributed by atoms with Crippen molar-refractivity contribution in [2.45, 2.75) is 141 Å². The predicted molar refractivity (Wildman–Crippen MR) is 162 cm³/mol. The molecule has 6 saturated carbocycles. The Morgan fingerprint density at radius 2 is 1.64 bits per heavy atom. The van der Waals surface area contributed by atoms with Gasteiger partial charge in [-0.1, -0.05) is 27.7 Å². The maximum Gasteiger partial charge on any atom is 0.306 e. The fourth-order valence-electron chi connectivity index (χ4n) is 12.6. The molecule has 44 heavy (non-hydrogen) atoms. The van der Waals surface area contributed by atoms with E-state index in [4.69, 9.17) is 18.9 Å². The van der Waals surface area contributed by atoms with Gasteiger partial charge in [0.05, 0.1) is 0 Å². The number of hydrogen-bond acceptors (Lipinski definition) is 8. The summed E-state index contributed by atoms with van der Waals surface area (Å²) in [5, 5.41) is 0. The molecule has 0 spiro atoms. The van der Waals surface area contributed by atoms with Crippen LogP contribution < -0.4 is 0 Å². The third-order valence-corrected chi connectivity index (χ3v) is 14.8. The number of hydrogen-bond donors (Lipinski definition) is 0. The highest BCUT2D eigenvalue weighted by Crippen LogP contribution is 2.69. The molecule has 6 fully saturated rings. The quantitative estimate of drug-likeness (QED) is 0.141. The van der Waals surface area contributed by atoms with Crippen LogP contribution in [0.4, 0.5) is 0 Å². The molecule has 0 radical (unpaired) electrons. The highest BCUT2D eigenvalue weighted by molar-refractivity contribution is 5.70. The fourth-order valence-corrected chi connectivity index (χ4v) is 12.6. The minimum absolute atomic E-state index is 0.00956. The van der Waals surface area contributed by atoms with E-state index in [1.165, 1.54) is 19.3 Å². The molecule has 0 aromatic rings. The van der Waals surface area contributed by atoms with Gasteiger partial charge in [0.15, 0.2) is 0 Å². The van der Waals surface area contributed by atoms with E-state index in [9.17, 15) is 19.2 Å². The molecule has 6 rings (SSSR count). The van der Waals surface area contributed by atoms with Crippen LogP contribution in [0.25, 0.3) is 0 Å². The number of carbonyl (C=O) groups is 4. The number of esters is 1. The van der Waals surface area contributed by atoms with Gasteiger partial charge in [0, 0.05) is 17.8 Å². The lowest BCUT2D eigenvalue weighted by atomic mass is 9.43. The van der Waals surface area contributed by atoms with E-state index in [2.05, 4.69) is 27.7 Å². The Labute approximate surface area is 263 Å². The first-order valence-corrected chi connectivity index (χ1v) is 17.6. The molecule has 0 N–H and O–H groups in total. The second-order valence-corrected chi connectivity index (χ2v) is 16.1. The lowest BCUT2D eigenvalue weighted by Crippen LogP contribution is -2.63. The molecule has 8 heteroatoms. The van der Waals surface area contributed by atoms with Gasteiger partial charge < -0.3 is 18.9 Å². The van der Waals surface area contributed by atoms with Crippen molar-refractivity contribution >= 4 is 25.4 Å². The minimum atomic E-state index is -0.272. The molecule has 0 saturated heterocycles. The third kappa shape index (κ3) is 5.09. The zero-order chi connectivity index (χ0) is 31.3. The average molecular weight is 615 g/mol. The summed E-state index contributed by atoms with van der Waals surface area (Å²) in [5.74, 6) is 2.66. The largest absolute Gasteiger partial charge is 0.465 e. The van der Waals surface area contributed by atoms with Crippen LogP contribution in [-0.4, -0.2) is 49.3 Å². The zero-order valence-electron chi connectivity index (χ0n) is 27.2. The van der Waals surface area contributed by atoms with Crippen LogP contribution in [0.1, 0.15) is 118 Å². The molecule has 6 aliphatic rings. The molecule has 0 aromatic carbocycles. The number of ether oxygens (including phenoxy) is 4. The Hall–Kier alpha value is -2.12. The molecular formula is C36H54O8. The number of fused-ring (bicyclic) bond motifs is 7. The summed E-state index contributed by atoms with van der Waals surface area (Å²) in [6, 6.07) is 0. The van der Waals surface area contributed by atoms with Crippen molar-refractivity contribution in [2.75, 3.05) is 0 Å². The molecule has 2 bridgehead atoms. The molecule has 0 amide bonds. The van der Waals surface area contributed by atoms with Crippen LogP contribution in [0.15, 0.2) is 0 Å². The van der Waals surface area contributed by atoms with Crippen molar-refractivity contribution in [3.05, 3.63) is 0 Å². The van der Waals surface area contributed by atoms with Gasteiger partial charge in [0.25, 0.3) is 19.4 Å². The average Bonchev–Trinajstić information content (AvgIpc) is 3.71. The summed E-state index contributed by atoms with van der Waals surface area (Å²) in [5.41, 5.74) is -0.535. The van der Waals surface area contributed by atoms with E-state index in [-0.39, 0.29) is 76.2 Å². The molecule has 0 unspecified atom stereocenters. The van der Waals surface area contributed by atoms with Crippen molar-refractivity contribution in [3.63, 3.8) is 0 Å².